The Labute approximate surface area is 234 Å². The summed E-state index contributed by atoms with van der Waals surface area (Å²) in [7, 11) is 0. The monoisotopic (exact) mass is 624 g/mol. The van der Waals surface area contributed by atoms with Crippen LogP contribution >= 0.6 is 11.8 Å². The first-order chi connectivity index (χ1) is 19.1. The fourth-order valence-corrected chi connectivity index (χ4v) is 5.04. The van der Waals surface area contributed by atoms with E-state index in [1.807, 2.05) is 26.4 Å². The van der Waals surface area contributed by atoms with Crippen LogP contribution in [0.4, 0.5) is 26.3 Å². The van der Waals surface area contributed by atoms with E-state index in [0.717, 1.165) is 77.0 Å². The summed E-state index contributed by atoms with van der Waals surface area (Å²) in [4.78, 5) is 40.5. The van der Waals surface area contributed by atoms with Gasteiger partial charge in [-0.1, -0.05) is 9.71 Å². The molecule has 13 nitrogen and oxygen atoms in total. The third kappa shape index (κ3) is 11.9. The summed E-state index contributed by atoms with van der Waals surface area (Å²) in [5.74, 6) is -3.46. The minimum Gasteiger partial charge on any atom is -0.475 e. The van der Waals surface area contributed by atoms with Gasteiger partial charge in [0.05, 0.1) is 38.4 Å². The second-order valence-electron chi connectivity index (χ2n) is 9.02. The average molecular weight is 625 g/mol. The molecule has 0 aromatic carbocycles. The molecule has 41 heavy (non-hydrogen) atoms. The van der Waals surface area contributed by atoms with Gasteiger partial charge in [0.2, 0.25) is 5.91 Å². The molecule has 0 aliphatic carbocycles. The molecule has 1 aromatic rings. The maximum Gasteiger partial charge on any atom is 0.490 e. The number of likely N-dealkylation sites (tertiary alicyclic amines) is 1. The zero-order valence-electron chi connectivity index (χ0n) is 21.6. The summed E-state index contributed by atoms with van der Waals surface area (Å²) in [5.41, 5.74) is 0. The van der Waals surface area contributed by atoms with Crippen LogP contribution < -0.4 is 0 Å². The first-order valence-electron chi connectivity index (χ1n) is 12.3. The van der Waals surface area contributed by atoms with Crippen molar-refractivity contribution in [1.29, 1.82) is 5.26 Å². The van der Waals surface area contributed by atoms with Gasteiger partial charge in [-0.2, -0.15) is 31.6 Å². The van der Waals surface area contributed by atoms with E-state index in [1.54, 1.807) is 0 Å². The Hall–Kier alpha value is -2.89. The minimum absolute atomic E-state index is 0.0316. The van der Waals surface area contributed by atoms with Gasteiger partial charge in [0, 0.05) is 44.4 Å². The molecule has 4 rings (SSSR count). The molecule has 3 aliphatic heterocycles. The van der Waals surface area contributed by atoms with Crippen molar-refractivity contribution < 1.29 is 60.3 Å². The van der Waals surface area contributed by atoms with E-state index in [1.165, 1.54) is 0 Å². The van der Waals surface area contributed by atoms with Gasteiger partial charge in [0.25, 0.3) is 0 Å². The molecule has 1 aromatic heterocycles. The summed E-state index contributed by atoms with van der Waals surface area (Å²) in [6, 6.07) is 2.74. The number of rotatable bonds is 6. The van der Waals surface area contributed by atoms with E-state index in [2.05, 4.69) is 15.9 Å². The lowest BCUT2D eigenvalue weighted by molar-refractivity contribution is -0.193. The molecule has 2 N–H and O–H groups in total. The highest BCUT2D eigenvalue weighted by molar-refractivity contribution is 7.99. The third-order valence-electron chi connectivity index (χ3n) is 6.15. The Bertz CT molecular complexity index is 998. The first-order valence-corrected chi connectivity index (χ1v) is 13.4. The highest BCUT2D eigenvalue weighted by Gasteiger charge is 2.39. The number of nitrogens with zero attached hydrogens (tertiary/aromatic N) is 6. The number of hydrogen-bond donors (Lipinski definition) is 2. The summed E-state index contributed by atoms with van der Waals surface area (Å²) >= 11 is 1.81. The fraction of sp³-hybridized carbons (Fsp3) is 0.810. The Morgan fingerprint density at radius 2 is 1.46 bits per heavy atom. The van der Waals surface area contributed by atoms with Crippen LogP contribution in [-0.2, 0) is 25.7 Å². The van der Waals surface area contributed by atoms with Gasteiger partial charge < -0.3 is 19.8 Å². The van der Waals surface area contributed by atoms with Gasteiger partial charge in [-0.15, -0.1) is 11.8 Å². The molecule has 0 saturated carbocycles. The number of morpholine rings is 1. The number of carbonyl (C=O) groups is 3. The molecule has 3 aliphatic rings. The normalized spacial score (nSPS) is 20.9. The number of nitriles is 1. The van der Waals surface area contributed by atoms with Crippen LogP contribution in [0.3, 0.4) is 0 Å². The summed E-state index contributed by atoms with van der Waals surface area (Å²) in [6.07, 6.45) is -8.29. The topological polar surface area (TPSA) is 157 Å². The van der Waals surface area contributed by atoms with E-state index in [9.17, 15) is 31.1 Å². The average Bonchev–Trinajstić information content (AvgIpc) is 3.54. The Kier molecular flexibility index (Phi) is 12.9. The molecule has 0 radical (unpaired) electrons. The number of alkyl halides is 6. The van der Waals surface area contributed by atoms with Gasteiger partial charge in [-0.3, -0.25) is 19.2 Å². The number of aliphatic carboxylic acids is 2. The van der Waals surface area contributed by atoms with E-state index in [-0.39, 0.29) is 11.9 Å². The minimum atomic E-state index is -5.08. The molecule has 1 atom stereocenters. The van der Waals surface area contributed by atoms with Crippen molar-refractivity contribution in [2.24, 2.45) is 0 Å². The van der Waals surface area contributed by atoms with Gasteiger partial charge >= 0.3 is 24.3 Å². The second-order valence-corrected chi connectivity index (χ2v) is 10.0. The second kappa shape index (κ2) is 15.4. The maximum absolute atomic E-state index is 12.5. The molecule has 20 heteroatoms. The number of amides is 1. The zero-order valence-corrected chi connectivity index (χ0v) is 22.5. The molecule has 4 heterocycles. The van der Waals surface area contributed by atoms with Crippen molar-refractivity contribution in [2.45, 2.75) is 43.8 Å². The predicted octanol–water partition coefficient (Wildman–Crippen LogP) is 1.54. The number of hydrogen-bond acceptors (Lipinski definition) is 9. The van der Waals surface area contributed by atoms with Crippen LogP contribution in [0, 0.1) is 11.3 Å². The largest absolute Gasteiger partial charge is 0.490 e. The van der Waals surface area contributed by atoms with Crippen LogP contribution in [0.5, 0.6) is 0 Å². The standard InChI is InChI=1S/C17H28N6O3S.2C2HF3O2/c18-11-16-13-27-14-21(16)5-6-22-23(26-22)15-1-3-20(4-2-15)17(24)12-19-7-9-25-10-8-19;2*3-2(4,5)1(6)7/h15-16H,1-10,12-14H2;2*(H,6,7). The maximum atomic E-state index is 12.5. The third-order valence-corrected chi connectivity index (χ3v) is 7.22. The van der Waals surface area contributed by atoms with Crippen LogP contribution in [-0.4, -0.2) is 135 Å². The molecule has 1 unspecified atom stereocenters. The molecule has 0 spiro atoms. The summed E-state index contributed by atoms with van der Waals surface area (Å²) in [6.45, 7) is 6.87. The predicted molar refractivity (Wildman–Crippen MR) is 128 cm³/mol. The van der Waals surface area contributed by atoms with E-state index >= 15 is 0 Å². The van der Waals surface area contributed by atoms with Crippen molar-refractivity contribution in [3.05, 3.63) is 0 Å². The highest BCUT2D eigenvalue weighted by Crippen LogP contribution is 2.26. The molecule has 3 fully saturated rings. The molecular formula is C21H30F6N6O7S. The lowest BCUT2D eigenvalue weighted by Crippen LogP contribution is -2.47. The zero-order chi connectivity index (χ0) is 30.8. The van der Waals surface area contributed by atoms with Gasteiger partial charge in [0.15, 0.2) is 0 Å². The lowest BCUT2D eigenvalue weighted by Gasteiger charge is -2.33. The Balaban J connectivity index is 0.000000349. The first kappa shape index (κ1) is 34.3. The number of piperidine rings is 1. The number of carbonyl (C=O) groups excluding carboxylic acids is 1. The number of aromatic nitrogens is 2. The number of carboxylic acids is 2. The summed E-state index contributed by atoms with van der Waals surface area (Å²) < 4.78 is 74.4. The van der Waals surface area contributed by atoms with Crippen LogP contribution in [0.15, 0.2) is 4.63 Å². The van der Waals surface area contributed by atoms with Crippen molar-refractivity contribution in [2.75, 3.05) is 64.1 Å². The van der Waals surface area contributed by atoms with Crippen molar-refractivity contribution >= 4 is 29.6 Å². The van der Waals surface area contributed by atoms with Gasteiger partial charge in [-0.05, 0) is 12.8 Å². The Morgan fingerprint density at radius 3 is 1.95 bits per heavy atom. The van der Waals surface area contributed by atoms with Crippen LogP contribution in [0.1, 0.15) is 18.9 Å². The number of ether oxygens (including phenoxy) is 1. The molecule has 234 valence electrons. The van der Waals surface area contributed by atoms with Crippen LogP contribution in [0.25, 0.3) is 0 Å². The van der Waals surface area contributed by atoms with E-state index < -0.39 is 24.3 Å². The fourth-order valence-electron chi connectivity index (χ4n) is 3.89. The van der Waals surface area contributed by atoms with Crippen LogP contribution in [0.2, 0.25) is 0 Å². The quantitative estimate of drug-likeness (QED) is 0.443. The number of thioether (sulfide) groups is 1. The van der Waals surface area contributed by atoms with Gasteiger partial charge in [0.1, 0.15) is 6.04 Å². The molecule has 3 saturated heterocycles. The lowest BCUT2D eigenvalue weighted by atomic mass is 10.1. The smallest absolute Gasteiger partial charge is 0.475 e. The van der Waals surface area contributed by atoms with E-state index in [0.29, 0.717) is 12.6 Å². The van der Waals surface area contributed by atoms with Crippen molar-refractivity contribution in [3.8, 4) is 6.07 Å². The molecular weight excluding hydrogens is 594 g/mol. The molecule has 0 bridgehead atoms. The summed E-state index contributed by atoms with van der Waals surface area (Å²) in [5, 5.41) is 23.4. The number of halogens is 6. The van der Waals surface area contributed by atoms with Crippen molar-refractivity contribution in [1.82, 2.24) is 24.4 Å². The molecule has 1 amide bonds. The number of carboxylic acid groups (broad SMARTS) is 2. The Morgan fingerprint density at radius 1 is 0.927 bits per heavy atom. The van der Waals surface area contributed by atoms with E-state index in [4.69, 9.17) is 34.4 Å². The van der Waals surface area contributed by atoms with Gasteiger partial charge in [-0.25, -0.2) is 9.59 Å². The van der Waals surface area contributed by atoms with Crippen molar-refractivity contribution in [3.63, 3.8) is 0 Å². The SMILES string of the molecule is N#CC1CSCN1CCn1on1C1CCN(C(=O)CN2CCOCC2)CC1.O=C(O)C(F)(F)F.O=C(O)C(F)(F)F. The highest BCUT2D eigenvalue weighted by atomic mass is 32.2.